The number of hydrogen-bond donors (Lipinski definition) is 3. The van der Waals surface area contributed by atoms with Gasteiger partial charge in [0.1, 0.15) is 6.04 Å². The topological polar surface area (TPSA) is 90.5 Å². The Morgan fingerprint density at radius 3 is 2.77 bits per heavy atom. The normalized spacial score (nSPS) is 19.7. The quantitative estimate of drug-likeness (QED) is 0.466. The predicted octanol–water partition coefficient (Wildman–Crippen LogP) is 0.537. The molecule has 1 atom stereocenters. The summed E-state index contributed by atoms with van der Waals surface area (Å²) in [6.07, 6.45) is 1.69. The van der Waals surface area contributed by atoms with E-state index in [1.165, 1.54) is 0 Å². The zero-order valence-electron chi connectivity index (χ0n) is 15.1. The molecular weight excluding hydrogens is 332 g/mol. The summed E-state index contributed by atoms with van der Waals surface area (Å²) in [5.74, 6) is -0.747. The Kier molecular flexibility index (Phi) is 6.00. The molecule has 1 fully saturated rings. The Morgan fingerprint density at radius 2 is 2.00 bits per heavy atom. The maximum absolute atomic E-state index is 12.9. The Hall–Kier alpha value is -2.25. The summed E-state index contributed by atoms with van der Waals surface area (Å²) in [4.78, 5) is 38.0. The van der Waals surface area contributed by atoms with Crippen LogP contribution in [0.1, 0.15) is 47.7 Å². The molecule has 2 aliphatic heterocycles. The second kappa shape index (κ2) is 8.42. The molecule has 140 valence electrons. The van der Waals surface area contributed by atoms with Crippen LogP contribution >= 0.6 is 0 Å². The van der Waals surface area contributed by atoms with E-state index in [-0.39, 0.29) is 24.1 Å². The van der Waals surface area contributed by atoms with E-state index >= 15 is 0 Å². The van der Waals surface area contributed by atoms with Crippen LogP contribution in [-0.2, 0) is 22.7 Å². The van der Waals surface area contributed by atoms with Crippen molar-refractivity contribution >= 4 is 17.7 Å². The molecule has 1 aromatic rings. The summed E-state index contributed by atoms with van der Waals surface area (Å²) in [5.41, 5.74) is 2.62. The highest BCUT2D eigenvalue weighted by Crippen LogP contribution is 2.29. The van der Waals surface area contributed by atoms with Gasteiger partial charge in [0.05, 0.1) is 0 Å². The maximum atomic E-state index is 12.9. The van der Waals surface area contributed by atoms with Gasteiger partial charge in [-0.3, -0.25) is 19.7 Å². The number of fused-ring (bicyclic) bond motifs is 1. The number of carbonyl (C=O) groups excluding carboxylic acids is 3. The minimum absolute atomic E-state index is 0.112. The van der Waals surface area contributed by atoms with Crippen LogP contribution in [0.2, 0.25) is 0 Å². The lowest BCUT2D eigenvalue weighted by Crippen LogP contribution is -2.52. The highest BCUT2D eigenvalue weighted by Gasteiger charge is 2.39. The number of nitrogens with zero attached hydrogens (tertiary/aromatic N) is 1. The monoisotopic (exact) mass is 358 g/mol. The van der Waals surface area contributed by atoms with Gasteiger partial charge in [0.2, 0.25) is 11.8 Å². The van der Waals surface area contributed by atoms with Gasteiger partial charge in [-0.05, 0) is 43.6 Å². The lowest BCUT2D eigenvalue weighted by molar-refractivity contribution is -0.136. The van der Waals surface area contributed by atoms with Gasteiger partial charge in [0.25, 0.3) is 5.91 Å². The van der Waals surface area contributed by atoms with Crippen molar-refractivity contribution in [3.8, 4) is 0 Å². The Bertz CT molecular complexity index is 704. The van der Waals surface area contributed by atoms with Crippen LogP contribution in [0.5, 0.6) is 0 Å². The van der Waals surface area contributed by atoms with E-state index in [0.717, 1.165) is 37.2 Å². The fraction of sp³-hybridized carbons (Fsp3) is 0.526. The Morgan fingerprint density at radius 1 is 1.19 bits per heavy atom. The highest BCUT2D eigenvalue weighted by atomic mass is 16.2. The third kappa shape index (κ3) is 3.94. The molecule has 2 aliphatic rings. The van der Waals surface area contributed by atoms with Crippen LogP contribution in [-0.4, -0.2) is 48.3 Å². The molecule has 0 saturated carbocycles. The number of imide groups is 1. The molecule has 1 aromatic carbocycles. The molecule has 1 saturated heterocycles. The number of piperidine rings is 1. The van der Waals surface area contributed by atoms with Crippen molar-refractivity contribution in [3.63, 3.8) is 0 Å². The van der Waals surface area contributed by atoms with Gasteiger partial charge in [0, 0.05) is 25.1 Å². The van der Waals surface area contributed by atoms with Crippen molar-refractivity contribution < 1.29 is 14.4 Å². The SMILES string of the molecule is CCNCCCNCc1cccc2c1C(=O)N(C1CCC(=O)NC1=O)C2. The van der Waals surface area contributed by atoms with Gasteiger partial charge in [0.15, 0.2) is 0 Å². The van der Waals surface area contributed by atoms with Gasteiger partial charge >= 0.3 is 0 Å². The summed E-state index contributed by atoms with van der Waals surface area (Å²) in [6.45, 7) is 5.96. The van der Waals surface area contributed by atoms with Gasteiger partial charge in [-0.2, -0.15) is 0 Å². The van der Waals surface area contributed by atoms with Crippen LogP contribution in [0.25, 0.3) is 0 Å². The van der Waals surface area contributed by atoms with Gasteiger partial charge in [-0.25, -0.2) is 0 Å². The maximum Gasteiger partial charge on any atom is 0.255 e. The van der Waals surface area contributed by atoms with E-state index in [0.29, 0.717) is 25.1 Å². The fourth-order valence-corrected chi connectivity index (χ4v) is 3.58. The molecule has 0 radical (unpaired) electrons. The number of rotatable bonds is 8. The van der Waals surface area contributed by atoms with Crippen molar-refractivity contribution in [3.05, 3.63) is 34.9 Å². The number of benzene rings is 1. The molecule has 0 aliphatic carbocycles. The molecule has 3 rings (SSSR count). The minimum Gasteiger partial charge on any atom is -0.322 e. The molecule has 7 heteroatoms. The van der Waals surface area contributed by atoms with Crippen molar-refractivity contribution in [1.82, 2.24) is 20.9 Å². The van der Waals surface area contributed by atoms with E-state index in [9.17, 15) is 14.4 Å². The molecule has 0 aromatic heterocycles. The standard InChI is InChI=1S/C19H26N4O3/c1-2-20-9-4-10-21-11-13-5-3-6-14-12-23(19(26)17(13)14)15-7-8-16(24)22-18(15)25/h3,5-6,15,20-21H,2,4,7-12H2,1H3,(H,22,24,25). The minimum atomic E-state index is -0.562. The first kappa shape index (κ1) is 18.5. The van der Waals surface area contributed by atoms with Gasteiger partial charge in [-0.15, -0.1) is 0 Å². The second-order valence-corrected chi connectivity index (χ2v) is 6.74. The van der Waals surface area contributed by atoms with E-state index in [4.69, 9.17) is 0 Å². The van der Waals surface area contributed by atoms with Crippen LogP contribution in [0.3, 0.4) is 0 Å². The average molecular weight is 358 g/mol. The van der Waals surface area contributed by atoms with Crippen LogP contribution in [0, 0.1) is 0 Å². The van der Waals surface area contributed by atoms with Crippen LogP contribution < -0.4 is 16.0 Å². The predicted molar refractivity (Wildman–Crippen MR) is 97.4 cm³/mol. The molecule has 0 bridgehead atoms. The third-order valence-electron chi connectivity index (χ3n) is 4.91. The van der Waals surface area contributed by atoms with Crippen LogP contribution in [0.4, 0.5) is 0 Å². The molecule has 26 heavy (non-hydrogen) atoms. The first-order valence-corrected chi connectivity index (χ1v) is 9.28. The summed E-state index contributed by atoms with van der Waals surface area (Å²) in [5, 5.41) is 9.00. The smallest absolute Gasteiger partial charge is 0.255 e. The number of carbonyl (C=O) groups is 3. The van der Waals surface area contributed by atoms with E-state index < -0.39 is 6.04 Å². The number of amides is 3. The summed E-state index contributed by atoms with van der Waals surface area (Å²) >= 11 is 0. The van der Waals surface area contributed by atoms with Crippen molar-refractivity contribution in [2.75, 3.05) is 19.6 Å². The molecule has 7 nitrogen and oxygen atoms in total. The highest BCUT2D eigenvalue weighted by molar-refractivity contribution is 6.05. The van der Waals surface area contributed by atoms with Crippen molar-refractivity contribution in [2.45, 2.75) is 45.3 Å². The third-order valence-corrected chi connectivity index (χ3v) is 4.91. The lowest BCUT2D eigenvalue weighted by atomic mass is 10.0. The van der Waals surface area contributed by atoms with E-state index in [1.54, 1.807) is 4.90 Å². The van der Waals surface area contributed by atoms with Crippen molar-refractivity contribution in [2.24, 2.45) is 0 Å². The molecule has 0 spiro atoms. The number of nitrogens with one attached hydrogen (secondary N) is 3. The van der Waals surface area contributed by atoms with E-state index in [1.807, 2.05) is 18.2 Å². The van der Waals surface area contributed by atoms with Crippen LogP contribution in [0.15, 0.2) is 18.2 Å². The molecule has 3 amide bonds. The Labute approximate surface area is 153 Å². The van der Waals surface area contributed by atoms with Gasteiger partial charge in [-0.1, -0.05) is 25.1 Å². The van der Waals surface area contributed by atoms with Crippen molar-refractivity contribution in [1.29, 1.82) is 0 Å². The molecule has 2 heterocycles. The summed E-state index contributed by atoms with van der Waals surface area (Å²) in [6, 6.07) is 5.29. The number of hydrogen-bond acceptors (Lipinski definition) is 5. The molecule has 3 N–H and O–H groups in total. The molecule has 1 unspecified atom stereocenters. The average Bonchev–Trinajstić information content (AvgIpc) is 2.95. The second-order valence-electron chi connectivity index (χ2n) is 6.74. The zero-order valence-corrected chi connectivity index (χ0v) is 15.1. The zero-order chi connectivity index (χ0) is 18.5. The summed E-state index contributed by atoms with van der Waals surface area (Å²) < 4.78 is 0. The first-order chi connectivity index (χ1) is 12.6. The Balaban J connectivity index is 1.64. The van der Waals surface area contributed by atoms with Gasteiger partial charge < -0.3 is 15.5 Å². The fourth-order valence-electron chi connectivity index (χ4n) is 3.58. The largest absolute Gasteiger partial charge is 0.322 e. The van der Waals surface area contributed by atoms with E-state index in [2.05, 4.69) is 22.9 Å². The molecular formula is C19H26N4O3. The lowest BCUT2D eigenvalue weighted by Gasteiger charge is -2.29. The summed E-state index contributed by atoms with van der Waals surface area (Å²) in [7, 11) is 0. The first-order valence-electron chi connectivity index (χ1n) is 9.28.